The molecule has 3 aromatic carbocycles. The predicted molar refractivity (Wildman–Crippen MR) is 123 cm³/mol. The summed E-state index contributed by atoms with van der Waals surface area (Å²) in [5.41, 5.74) is 3.85. The summed E-state index contributed by atoms with van der Waals surface area (Å²) >= 11 is 1.47. The molecule has 1 heterocycles. The minimum Gasteiger partial charge on any atom is -0.493 e. The topological polar surface area (TPSA) is 43.6 Å². The van der Waals surface area contributed by atoms with Crippen molar-refractivity contribution in [2.45, 2.75) is 27.3 Å². The van der Waals surface area contributed by atoms with E-state index < -0.39 is 0 Å². The molecule has 1 amide bonds. The predicted octanol–water partition coefficient (Wildman–Crippen LogP) is 5.25. The molecule has 0 aliphatic carbocycles. The maximum Gasteiger partial charge on any atom is 0.284 e. The average molecular weight is 415 g/mol. The Bertz CT molecular complexity index is 1390. The lowest BCUT2D eigenvalue weighted by Gasteiger charge is -2.10. The van der Waals surface area contributed by atoms with Crippen LogP contribution in [0, 0.1) is 26.2 Å². The summed E-state index contributed by atoms with van der Waals surface area (Å²) in [6.45, 7) is 6.86. The van der Waals surface area contributed by atoms with Gasteiger partial charge in [-0.1, -0.05) is 47.6 Å². The van der Waals surface area contributed by atoms with Crippen molar-refractivity contribution in [1.82, 2.24) is 4.57 Å². The molecule has 0 saturated carbocycles. The van der Waals surface area contributed by atoms with Gasteiger partial charge in [0, 0.05) is 0 Å². The van der Waals surface area contributed by atoms with Crippen LogP contribution < -0.4 is 9.54 Å². The van der Waals surface area contributed by atoms with Gasteiger partial charge in [-0.2, -0.15) is 4.99 Å². The molecule has 0 unspecified atom stereocenters. The van der Waals surface area contributed by atoms with E-state index in [1.807, 2.05) is 47.9 Å². The molecule has 4 nitrogen and oxygen atoms in total. The number of aryl methyl sites for hydroxylation is 2. The van der Waals surface area contributed by atoms with E-state index in [1.54, 1.807) is 0 Å². The number of hydrogen-bond donors (Lipinski definition) is 0. The Balaban J connectivity index is 1.96. The number of benzene rings is 3. The molecule has 0 atom stereocenters. The van der Waals surface area contributed by atoms with E-state index in [4.69, 9.17) is 11.2 Å². The molecule has 0 spiro atoms. The summed E-state index contributed by atoms with van der Waals surface area (Å²) < 4.78 is 8.74. The van der Waals surface area contributed by atoms with E-state index in [1.165, 1.54) is 22.5 Å². The molecule has 0 fully saturated rings. The molecule has 4 aromatic rings. The monoisotopic (exact) mass is 414 g/mol. The van der Waals surface area contributed by atoms with Crippen LogP contribution in [0.5, 0.6) is 5.75 Å². The Morgan fingerprint density at radius 3 is 2.70 bits per heavy atom. The van der Waals surface area contributed by atoms with E-state index in [0.717, 1.165) is 21.0 Å². The zero-order chi connectivity index (χ0) is 21.3. The summed E-state index contributed by atoms with van der Waals surface area (Å²) in [6.07, 6.45) is 5.61. The Morgan fingerprint density at radius 1 is 1.17 bits per heavy atom. The summed E-state index contributed by atoms with van der Waals surface area (Å²) in [5.74, 6) is 2.90. The highest BCUT2D eigenvalue weighted by Crippen LogP contribution is 2.29. The molecule has 30 heavy (non-hydrogen) atoms. The van der Waals surface area contributed by atoms with Crippen LogP contribution >= 0.6 is 11.3 Å². The highest BCUT2D eigenvalue weighted by molar-refractivity contribution is 7.16. The summed E-state index contributed by atoms with van der Waals surface area (Å²) in [4.78, 5) is 18.5. The number of ether oxygens (including phenoxy) is 1. The third-order valence-corrected chi connectivity index (χ3v) is 6.19. The minimum absolute atomic E-state index is 0.332. The third kappa shape index (κ3) is 3.51. The zero-order valence-corrected chi connectivity index (χ0v) is 18.0. The maximum atomic E-state index is 13.4. The maximum absolute atomic E-state index is 13.4. The van der Waals surface area contributed by atoms with E-state index in [9.17, 15) is 4.79 Å². The first-order valence-corrected chi connectivity index (χ1v) is 10.6. The number of rotatable bonds is 4. The highest BCUT2D eigenvalue weighted by atomic mass is 32.1. The van der Waals surface area contributed by atoms with Gasteiger partial charge in [0.1, 0.15) is 5.75 Å². The van der Waals surface area contributed by atoms with Crippen LogP contribution in [0.25, 0.3) is 21.0 Å². The van der Waals surface area contributed by atoms with E-state index in [0.29, 0.717) is 29.3 Å². The number of carbonyl (C=O) groups excluding carboxylic acids is 1. The first kappa shape index (κ1) is 19.9. The molecule has 0 radical (unpaired) electrons. The molecule has 0 aliphatic heterocycles. The lowest BCUT2D eigenvalue weighted by atomic mass is 10.0. The van der Waals surface area contributed by atoms with Gasteiger partial charge in [-0.3, -0.25) is 4.79 Å². The summed E-state index contributed by atoms with van der Waals surface area (Å²) in [5, 5.41) is 1.80. The van der Waals surface area contributed by atoms with Crippen LogP contribution in [0.3, 0.4) is 0 Å². The second-order valence-electron chi connectivity index (χ2n) is 7.09. The van der Waals surface area contributed by atoms with Gasteiger partial charge in [-0.05, 0) is 60.9 Å². The summed E-state index contributed by atoms with van der Waals surface area (Å²) in [7, 11) is 0. The van der Waals surface area contributed by atoms with Crippen LogP contribution in [0.1, 0.15) is 28.4 Å². The molecule has 0 aliphatic rings. The van der Waals surface area contributed by atoms with Gasteiger partial charge in [-0.15, -0.1) is 6.42 Å². The van der Waals surface area contributed by atoms with E-state index in [2.05, 4.69) is 36.9 Å². The van der Waals surface area contributed by atoms with Crippen molar-refractivity contribution in [2.24, 2.45) is 4.99 Å². The van der Waals surface area contributed by atoms with Crippen molar-refractivity contribution in [3.05, 3.63) is 70.0 Å². The second-order valence-corrected chi connectivity index (χ2v) is 8.10. The number of thiazole rings is 1. The molecular weight excluding hydrogens is 392 g/mol. The number of aromatic nitrogens is 1. The molecule has 1 aromatic heterocycles. The van der Waals surface area contributed by atoms with E-state index in [-0.39, 0.29) is 5.91 Å². The Morgan fingerprint density at radius 2 is 1.93 bits per heavy atom. The van der Waals surface area contributed by atoms with Crippen molar-refractivity contribution < 1.29 is 9.53 Å². The largest absolute Gasteiger partial charge is 0.493 e. The fraction of sp³-hybridized carbons (Fsp3) is 0.200. The standard InChI is InChI=1S/C25H22N2O2S/c1-5-13-27-20-14-16(3)17(4)15-22(20)30-25(27)26-24(28)23-19-10-8-7-9-18(19)11-12-21(23)29-6-2/h1,7-12,14-15H,6,13H2,2-4H3. The van der Waals surface area contributed by atoms with Gasteiger partial charge in [-0.25, -0.2) is 0 Å². The van der Waals surface area contributed by atoms with Gasteiger partial charge < -0.3 is 9.30 Å². The lowest BCUT2D eigenvalue weighted by Crippen LogP contribution is -2.17. The quantitative estimate of drug-likeness (QED) is 0.428. The average Bonchev–Trinajstić information content (AvgIpc) is 3.04. The highest BCUT2D eigenvalue weighted by Gasteiger charge is 2.17. The van der Waals surface area contributed by atoms with Crippen molar-refractivity contribution in [1.29, 1.82) is 0 Å². The first-order chi connectivity index (χ1) is 14.5. The SMILES string of the molecule is C#CCn1c(=NC(=O)c2c(OCC)ccc3ccccc23)sc2cc(C)c(C)cc21. The Labute approximate surface area is 179 Å². The van der Waals surface area contributed by atoms with Crippen LogP contribution in [0.15, 0.2) is 53.5 Å². The number of fused-ring (bicyclic) bond motifs is 2. The molecule has 0 saturated heterocycles. The molecule has 4 rings (SSSR count). The lowest BCUT2D eigenvalue weighted by molar-refractivity contribution is 0.0996. The Kier molecular flexibility index (Phi) is 5.43. The molecular formula is C25H22N2O2S. The number of terminal acetylenes is 1. The van der Waals surface area contributed by atoms with Gasteiger partial charge in [0.05, 0.1) is 28.9 Å². The molecule has 150 valence electrons. The third-order valence-electron chi connectivity index (χ3n) is 5.15. The number of carbonyl (C=O) groups is 1. The molecule has 5 heteroatoms. The van der Waals surface area contributed by atoms with Crippen LogP contribution in [0.4, 0.5) is 0 Å². The smallest absolute Gasteiger partial charge is 0.284 e. The van der Waals surface area contributed by atoms with Crippen molar-refractivity contribution in [3.63, 3.8) is 0 Å². The van der Waals surface area contributed by atoms with Crippen molar-refractivity contribution in [2.75, 3.05) is 6.61 Å². The minimum atomic E-state index is -0.332. The number of nitrogens with zero attached hydrogens (tertiary/aromatic N) is 2. The van der Waals surface area contributed by atoms with E-state index >= 15 is 0 Å². The first-order valence-electron chi connectivity index (χ1n) is 9.81. The van der Waals surface area contributed by atoms with Gasteiger partial charge in [0.15, 0.2) is 4.80 Å². The van der Waals surface area contributed by atoms with Crippen LogP contribution in [0.2, 0.25) is 0 Å². The Hall–Kier alpha value is -3.36. The van der Waals surface area contributed by atoms with Gasteiger partial charge in [0.25, 0.3) is 5.91 Å². The van der Waals surface area contributed by atoms with Crippen LogP contribution in [-0.2, 0) is 6.54 Å². The number of amides is 1. The van der Waals surface area contributed by atoms with Crippen molar-refractivity contribution >= 4 is 38.2 Å². The summed E-state index contributed by atoms with van der Waals surface area (Å²) in [6, 6.07) is 15.8. The zero-order valence-electron chi connectivity index (χ0n) is 17.2. The van der Waals surface area contributed by atoms with Crippen molar-refractivity contribution in [3.8, 4) is 18.1 Å². The molecule has 0 bridgehead atoms. The van der Waals surface area contributed by atoms with Gasteiger partial charge >= 0.3 is 0 Å². The molecule has 0 N–H and O–H groups in total. The fourth-order valence-electron chi connectivity index (χ4n) is 3.54. The number of hydrogen-bond acceptors (Lipinski definition) is 3. The van der Waals surface area contributed by atoms with Gasteiger partial charge in [0.2, 0.25) is 0 Å². The fourth-order valence-corrected chi connectivity index (χ4v) is 4.65. The normalized spacial score (nSPS) is 11.7. The van der Waals surface area contributed by atoms with Crippen LogP contribution in [-0.4, -0.2) is 17.1 Å². The second kappa shape index (κ2) is 8.17.